The van der Waals surface area contributed by atoms with E-state index < -0.39 is 0 Å². The molecule has 0 radical (unpaired) electrons. The van der Waals surface area contributed by atoms with Crippen molar-refractivity contribution in [1.29, 1.82) is 0 Å². The van der Waals surface area contributed by atoms with Crippen LogP contribution in [0.5, 0.6) is 5.75 Å². The Bertz CT molecular complexity index is 263. The van der Waals surface area contributed by atoms with Crippen molar-refractivity contribution in [2.45, 2.75) is 19.8 Å². The number of hydrogen-bond acceptors (Lipinski definition) is 2. The lowest BCUT2D eigenvalue weighted by Gasteiger charge is -2.07. The lowest BCUT2D eigenvalue weighted by molar-refractivity contribution is 0.0136. The zero-order chi connectivity index (χ0) is 10.2. The van der Waals surface area contributed by atoms with Crippen molar-refractivity contribution >= 4 is 15.9 Å². The molecule has 3 heteroatoms. The Kier molecular flexibility index (Phi) is 5.64. The van der Waals surface area contributed by atoms with Crippen LogP contribution in [-0.4, -0.2) is 13.4 Å². The first kappa shape index (κ1) is 11.5. The van der Waals surface area contributed by atoms with Gasteiger partial charge in [-0.3, -0.25) is 0 Å². The molecule has 14 heavy (non-hydrogen) atoms. The van der Waals surface area contributed by atoms with Crippen molar-refractivity contribution in [1.82, 2.24) is 0 Å². The molecule has 1 aromatic rings. The summed E-state index contributed by atoms with van der Waals surface area (Å²) in [5.41, 5.74) is 0. The van der Waals surface area contributed by atoms with E-state index in [0.717, 1.165) is 29.7 Å². The van der Waals surface area contributed by atoms with Gasteiger partial charge >= 0.3 is 0 Å². The van der Waals surface area contributed by atoms with Gasteiger partial charge in [0.1, 0.15) is 5.75 Å². The van der Waals surface area contributed by atoms with Crippen LogP contribution in [-0.2, 0) is 4.74 Å². The van der Waals surface area contributed by atoms with Crippen molar-refractivity contribution < 1.29 is 9.47 Å². The molecule has 1 rings (SSSR count). The topological polar surface area (TPSA) is 18.5 Å². The highest BCUT2D eigenvalue weighted by molar-refractivity contribution is 9.10. The number of halogens is 1. The SMILES string of the molecule is CCCCOCOc1ccccc1Br. The molecule has 0 aromatic heterocycles. The molecule has 78 valence electrons. The van der Waals surface area contributed by atoms with E-state index in [0.29, 0.717) is 6.79 Å². The largest absolute Gasteiger partial charge is 0.466 e. The van der Waals surface area contributed by atoms with Crippen molar-refractivity contribution in [3.05, 3.63) is 28.7 Å². The van der Waals surface area contributed by atoms with Crippen LogP contribution in [0.4, 0.5) is 0 Å². The highest BCUT2D eigenvalue weighted by Gasteiger charge is 1.97. The monoisotopic (exact) mass is 258 g/mol. The number of unbranched alkanes of at least 4 members (excludes halogenated alkanes) is 1. The van der Waals surface area contributed by atoms with Gasteiger partial charge in [0.25, 0.3) is 0 Å². The fourth-order valence-corrected chi connectivity index (χ4v) is 1.37. The second-order valence-corrected chi connectivity index (χ2v) is 3.81. The molecule has 0 bridgehead atoms. The van der Waals surface area contributed by atoms with Crippen LogP contribution in [0.2, 0.25) is 0 Å². The number of para-hydroxylation sites is 1. The van der Waals surface area contributed by atoms with E-state index in [1.165, 1.54) is 0 Å². The van der Waals surface area contributed by atoms with Crippen LogP contribution in [0, 0.1) is 0 Å². The van der Waals surface area contributed by atoms with Gasteiger partial charge in [0.05, 0.1) is 11.1 Å². The molecule has 0 N–H and O–H groups in total. The third kappa shape index (κ3) is 4.11. The maximum atomic E-state index is 5.41. The summed E-state index contributed by atoms with van der Waals surface area (Å²) < 4.78 is 11.7. The zero-order valence-electron chi connectivity index (χ0n) is 8.33. The fourth-order valence-electron chi connectivity index (χ4n) is 0.972. The van der Waals surface area contributed by atoms with Gasteiger partial charge in [-0.1, -0.05) is 25.5 Å². The molecule has 0 heterocycles. The molecule has 2 nitrogen and oxygen atoms in total. The third-order valence-corrected chi connectivity index (χ3v) is 2.43. The molecular weight excluding hydrogens is 244 g/mol. The summed E-state index contributed by atoms with van der Waals surface area (Å²) in [5.74, 6) is 0.823. The average molecular weight is 259 g/mol. The Morgan fingerprint density at radius 3 is 2.79 bits per heavy atom. The van der Waals surface area contributed by atoms with Crippen LogP contribution in [0.15, 0.2) is 28.7 Å². The maximum Gasteiger partial charge on any atom is 0.189 e. The molecule has 0 aliphatic heterocycles. The molecule has 0 saturated heterocycles. The van der Waals surface area contributed by atoms with Crippen LogP contribution < -0.4 is 4.74 Å². The third-order valence-electron chi connectivity index (χ3n) is 1.78. The van der Waals surface area contributed by atoms with E-state index >= 15 is 0 Å². The van der Waals surface area contributed by atoms with E-state index in [2.05, 4.69) is 22.9 Å². The normalized spacial score (nSPS) is 10.1. The van der Waals surface area contributed by atoms with Gasteiger partial charge in [0.2, 0.25) is 0 Å². The Balaban J connectivity index is 2.21. The Hall–Kier alpha value is -0.540. The Morgan fingerprint density at radius 2 is 2.07 bits per heavy atom. The summed E-state index contributed by atoms with van der Waals surface area (Å²) in [6.45, 7) is 3.22. The van der Waals surface area contributed by atoms with E-state index in [-0.39, 0.29) is 0 Å². The molecule has 0 spiro atoms. The van der Waals surface area contributed by atoms with Crippen LogP contribution >= 0.6 is 15.9 Å². The molecule has 0 fully saturated rings. The minimum absolute atomic E-state index is 0.322. The van der Waals surface area contributed by atoms with Crippen LogP contribution in [0.3, 0.4) is 0 Å². The molecule has 0 aliphatic rings. The zero-order valence-corrected chi connectivity index (χ0v) is 9.92. The van der Waals surface area contributed by atoms with Gasteiger partial charge in [-0.25, -0.2) is 0 Å². The van der Waals surface area contributed by atoms with Crippen LogP contribution in [0.25, 0.3) is 0 Å². The van der Waals surface area contributed by atoms with Gasteiger partial charge < -0.3 is 9.47 Å². The van der Waals surface area contributed by atoms with E-state index in [4.69, 9.17) is 9.47 Å². The number of hydrogen-bond donors (Lipinski definition) is 0. The molecule has 0 aliphatic carbocycles. The molecule has 0 amide bonds. The first-order chi connectivity index (χ1) is 6.84. The second-order valence-electron chi connectivity index (χ2n) is 2.95. The summed E-state index contributed by atoms with van der Waals surface area (Å²) in [6.07, 6.45) is 2.23. The van der Waals surface area contributed by atoms with Crippen molar-refractivity contribution in [3.63, 3.8) is 0 Å². The van der Waals surface area contributed by atoms with Crippen molar-refractivity contribution in [2.24, 2.45) is 0 Å². The second kappa shape index (κ2) is 6.85. The maximum absolute atomic E-state index is 5.41. The van der Waals surface area contributed by atoms with Crippen molar-refractivity contribution in [3.8, 4) is 5.75 Å². The first-order valence-electron chi connectivity index (χ1n) is 4.79. The van der Waals surface area contributed by atoms with E-state index in [9.17, 15) is 0 Å². The minimum atomic E-state index is 0.322. The lowest BCUT2D eigenvalue weighted by atomic mass is 10.3. The summed E-state index contributed by atoms with van der Waals surface area (Å²) in [5, 5.41) is 0. The van der Waals surface area contributed by atoms with Gasteiger partial charge in [0.15, 0.2) is 6.79 Å². The predicted molar refractivity (Wildman–Crippen MR) is 60.5 cm³/mol. The average Bonchev–Trinajstić information content (AvgIpc) is 2.20. The van der Waals surface area contributed by atoms with E-state index in [1.54, 1.807) is 0 Å². The summed E-state index contributed by atoms with van der Waals surface area (Å²) >= 11 is 3.40. The van der Waals surface area contributed by atoms with Gasteiger partial charge in [-0.15, -0.1) is 0 Å². The number of rotatable bonds is 6. The number of benzene rings is 1. The summed E-state index contributed by atoms with van der Waals surface area (Å²) in [4.78, 5) is 0. The van der Waals surface area contributed by atoms with Gasteiger partial charge in [0, 0.05) is 0 Å². The van der Waals surface area contributed by atoms with E-state index in [1.807, 2.05) is 24.3 Å². The Morgan fingerprint density at radius 1 is 1.29 bits per heavy atom. The summed E-state index contributed by atoms with van der Waals surface area (Å²) in [6, 6.07) is 7.75. The highest BCUT2D eigenvalue weighted by Crippen LogP contribution is 2.23. The molecule has 0 saturated carbocycles. The lowest BCUT2D eigenvalue weighted by Crippen LogP contribution is -2.04. The fraction of sp³-hybridized carbons (Fsp3) is 0.455. The quantitative estimate of drug-likeness (QED) is 0.574. The summed E-state index contributed by atoms with van der Waals surface area (Å²) in [7, 11) is 0. The smallest absolute Gasteiger partial charge is 0.189 e. The predicted octanol–water partition coefficient (Wildman–Crippen LogP) is 3.60. The standard InChI is InChI=1S/C11H15BrO2/c1-2-3-8-13-9-14-11-7-5-4-6-10(11)12/h4-7H,2-3,8-9H2,1H3. The molecular formula is C11H15BrO2. The highest BCUT2D eigenvalue weighted by atomic mass is 79.9. The van der Waals surface area contributed by atoms with Crippen molar-refractivity contribution in [2.75, 3.05) is 13.4 Å². The Labute approximate surface area is 93.4 Å². The van der Waals surface area contributed by atoms with Gasteiger partial charge in [-0.05, 0) is 34.5 Å². The molecule has 0 atom stereocenters. The van der Waals surface area contributed by atoms with Crippen LogP contribution in [0.1, 0.15) is 19.8 Å². The minimum Gasteiger partial charge on any atom is -0.466 e. The number of ether oxygens (including phenoxy) is 2. The van der Waals surface area contributed by atoms with Gasteiger partial charge in [-0.2, -0.15) is 0 Å². The molecule has 1 aromatic carbocycles. The molecule has 0 unspecified atom stereocenters. The first-order valence-corrected chi connectivity index (χ1v) is 5.59.